The van der Waals surface area contributed by atoms with E-state index in [2.05, 4.69) is 20.9 Å². The summed E-state index contributed by atoms with van der Waals surface area (Å²) in [5.74, 6) is -0.222. The van der Waals surface area contributed by atoms with E-state index in [1.54, 1.807) is 34.2 Å². The average Bonchev–Trinajstić information content (AvgIpc) is 3.11. The molecule has 3 N–H and O–H groups in total. The van der Waals surface area contributed by atoms with Gasteiger partial charge in [0.1, 0.15) is 18.5 Å². The van der Waals surface area contributed by atoms with E-state index in [0.29, 0.717) is 56.8 Å². The zero-order valence-corrected chi connectivity index (χ0v) is 29.2. The zero-order chi connectivity index (χ0) is 35.7. The molecule has 0 spiro atoms. The Balaban J connectivity index is 1.32. The summed E-state index contributed by atoms with van der Waals surface area (Å²) in [5.41, 5.74) is 3.54. The van der Waals surface area contributed by atoms with Gasteiger partial charge in [0.15, 0.2) is 0 Å². The number of likely N-dealkylation sites (tertiary alicyclic amines) is 2. The molecule has 2 aliphatic heterocycles. The standard InChI is InChI=1S/C38H48FN7O4/c1-4-27-13-14-32(20-30(27)21-34(47)43-33-12-8-9-17-41-33)42-35(48)26-45(23-29-11-7-6-10-28(29)22-40-3)36(49)38(5-2)15-18-44(19-16-38)37(50)46-24-31(39)25-46/h6-14,17,20,31,40H,4-5,15-16,18-19,21-26H2,1-3H3,(H,42,48)(H,41,43,47). The lowest BCUT2D eigenvalue weighted by atomic mass is 9.74. The minimum Gasteiger partial charge on any atom is -0.329 e. The van der Waals surface area contributed by atoms with Crippen molar-refractivity contribution in [2.75, 3.05) is 50.4 Å². The monoisotopic (exact) mass is 685 g/mol. The molecule has 3 aromatic rings. The number of anilines is 2. The van der Waals surface area contributed by atoms with Crippen LogP contribution in [0.1, 0.15) is 55.4 Å². The first-order valence-corrected chi connectivity index (χ1v) is 17.5. The van der Waals surface area contributed by atoms with E-state index in [4.69, 9.17) is 0 Å². The molecule has 2 aliphatic rings. The van der Waals surface area contributed by atoms with Crippen LogP contribution in [0.5, 0.6) is 0 Å². The van der Waals surface area contributed by atoms with Gasteiger partial charge < -0.3 is 30.7 Å². The minimum absolute atomic E-state index is 0.112. The normalized spacial score (nSPS) is 15.6. The molecule has 12 heteroatoms. The number of amides is 5. The third-order valence-electron chi connectivity index (χ3n) is 9.85. The van der Waals surface area contributed by atoms with Gasteiger partial charge >= 0.3 is 6.03 Å². The Morgan fingerprint density at radius 2 is 1.60 bits per heavy atom. The van der Waals surface area contributed by atoms with Crippen molar-refractivity contribution in [1.29, 1.82) is 0 Å². The second-order valence-corrected chi connectivity index (χ2v) is 13.2. The molecule has 0 saturated carbocycles. The fraction of sp³-hybridized carbons (Fsp3) is 0.447. The second-order valence-electron chi connectivity index (χ2n) is 13.2. The van der Waals surface area contributed by atoms with E-state index >= 15 is 0 Å². The van der Waals surface area contributed by atoms with E-state index in [1.165, 1.54) is 4.90 Å². The smallest absolute Gasteiger partial charge is 0.320 e. The highest BCUT2D eigenvalue weighted by molar-refractivity contribution is 5.96. The van der Waals surface area contributed by atoms with E-state index in [0.717, 1.165) is 22.3 Å². The van der Waals surface area contributed by atoms with Crippen LogP contribution in [0.15, 0.2) is 66.9 Å². The van der Waals surface area contributed by atoms with Gasteiger partial charge in [0.2, 0.25) is 17.7 Å². The number of pyridine rings is 1. The Hall–Kier alpha value is -4.84. The number of hydrogen-bond acceptors (Lipinski definition) is 6. The lowest BCUT2D eigenvalue weighted by Crippen LogP contribution is -2.59. The summed E-state index contributed by atoms with van der Waals surface area (Å²) in [6.07, 6.45) is 2.94. The number of aromatic nitrogens is 1. The number of hydrogen-bond donors (Lipinski definition) is 3. The fourth-order valence-electron chi connectivity index (χ4n) is 6.82. The van der Waals surface area contributed by atoms with Gasteiger partial charge in [-0.05, 0) is 79.3 Å². The highest BCUT2D eigenvalue weighted by Crippen LogP contribution is 2.38. The molecule has 2 saturated heterocycles. The average molecular weight is 686 g/mol. The lowest BCUT2D eigenvalue weighted by molar-refractivity contribution is -0.148. The fourth-order valence-corrected chi connectivity index (χ4v) is 6.82. The van der Waals surface area contributed by atoms with Crippen LogP contribution in [-0.2, 0) is 40.3 Å². The first-order valence-electron chi connectivity index (χ1n) is 17.5. The van der Waals surface area contributed by atoms with Gasteiger partial charge in [-0.1, -0.05) is 50.2 Å². The molecule has 2 fully saturated rings. The summed E-state index contributed by atoms with van der Waals surface area (Å²) in [5, 5.41) is 8.97. The van der Waals surface area contributed by atoms with Gasteiger partial charge in [0.25, 0.3) is 0 Å². The van der Waals surface area contributed by atoms with Crippen molar-refractivity contribution in [1.82, 2.24) is 25.0 Å². The number of alkyl halides is 1. The summed E-state index contributed by atoms with van der Waals surface area (Å²) in [6.45, 7) is 5.68. The van der Waals surface area contributed by atoms with Crippen LogP contribution in [-0.4, -0.2) is 89.4 Å². The number of halogens is 1. The maximum atomic E-state index is 14.6. The van der Waals surface area contributed by atoms with Crippen molar-refractivity contribution in [2.24, 2.45) is 5.41 Å². The van der Waals surface area contributed by atoms with E-state index < -0.39 is 11.6 Å². The van der Waals surface area contributed by atoms with E-state index in [9.17, 15) is 23.6 Å². The maximum Gasteiger partial charge on any atom is 0.320 e. The highest BCUT2D eigenvalue weighted by atomic mass is 19.1. The Bertz CT molecular complexity index is 1660. The van der Waals surface area contributed by atoms with Crippen molar-refractivity contribution < 1.29 is 23.6 Å². The molecule has 0 atom stereocenters. The molecule has 2 aromatic carbocycles. The predicted molar refractivity (Wildman–Crippen MR) is 191 cm³/mol. The quantitative estimate of drug-likeness (QED) is 0.238. The Morgan fingerprint density at radius 1 is 0.880 bits per heavy atom. The predicted octanol–water partition coefficient (Wildman–Crippen LogP) is 4.78. The van der Waals surface area contributed by atoms with Crippen molar-refractivity contribution in [2.45, 2.75) is 65.2 Å². The van der Waals surface area contributed by atoms with E-state index in [-0.39, 0.29) is 56.4 Å². The van der Waals surface area contributed by atoms with Crippen LogP contribution in [0.25, 0.3) is 0 Å². The van der Waals surface area contributed by atoms with Gasteiger partial charge in [0.05, 0.1) is 24.9 Å². The molecular weight excluding hydrogens is 637 g/mol. The van der Waals surface area contributed by atoms with Gasteiger partial charge in [-0.25, -0.2) is 14.2 Å². The molecule has 0 unspecified atom stereocenters. The number of aryl methyl sites for hydroxylation is 1. The first kappa shape index (κ1) is 36.4. The number of nitrogens with zero attached hydrogens (tertiary/aromatic N) is 4. The summed E-state index contributed by atoms with van der Waals surface area (Å²) < 4.78 is 13.4. The number of urea groups is 1. The van der Waals surface area contributed by atoms with Gasteiger partial charge in [-0.3, -0.25) is 14.4 Å². The molecule has 50 heavy (non-hydrogen) atoms. The van der Waals surface area contributed by atoms with Crippen LogP contribution >= 0.6 is 0 Å². The zero-order valence-electron chi connectivity index (χ0n) is 29.2. The third-order valence-corrected chi connectivity index (χ3v) is 9.85. The lowest BCUT2D eigenvalue weighted by Gasteiger charge is -2.45. The Kier molecular flexibility index (Phi) is 12.2. The van der Waals surface area contributed by atoms with Gasteiger partial charge in [-0.15, -0.1) is 0 Å². The number of benzene rings is 2. The molecule has 5 amide bonds. The molecule has 0 bridgehead atoms. The summed E-state index contributed by atoms with van der Waals surface area (Å²) >= 11 is 0. The number of rotatable bonds is 13. The third kappa shape index (κ3) is 8.84. The van der Waals surface area contributed by atoms with Crippen molar-refractivity contribution in [3.05, 3.63) is 89.1 Å². The van der Waals surface area contributed by atoms with Crippen LogP contribution in [0.4, 0.5) is 20.7 Å². The molecule has 1 aromatic heterocycles. The molecule has 266 valence electrons. The molecule has 0 aliphatic carbocycles. The number of nitrogens with one attached hydrogen (secondary N) is 3. The summed E-state index contributed by atoms with van der Waals surface area (Å²) in [4.78, 5) is 63.0. The highest BCUT2D eigenvalue weighted by Gasteiger charge is 2.45. The van der Waals surface area contributed by atoms with Crippen LogP contribution < -0.4 is 16.0 Å². The van der Waals surface area contributed by atoms with Gasteiger partial charge in [-0.2, -0.15) is 0 Å². The van der Waals surface area contributed by atoms with Crippen molar-refractivity contribution in [3.8, 4) is 0 Å². The number of piperidine rings is 1. The van der Waals surface area contributed by atoms with Crippen molar-refractivity contribution >= 4 is 35.3 Å². The van der Waals surface area contributed by atoms with Crippen molar-refractivity contribution in [3.63, 3.8) is 0 Å². The minimum atomic E-state index is -0.974. The Morgan fingerprint density at radius 3 is 2.24 bits per heavy atom. The molecule has 3 heterocycles. The topological polar surface area (TPSA) is 127 Å². The number of carbonyl (C=O) groups is 4. The first-order chi connectivity index (χ1) is 24.1. The molecule has 11 nitrogen and oxygen atoms in total. The second kappa shape index (κ2) is 16.7. The molecule has 5 rings (SSSR count). The Labute approximate surface area is 293 Å². The number of carbonyl (C=O) groups excluding carboxylic acids is 4. The molecule has 0 radical (unpaired) electrons. The maximum absolute atomic E-state index is 14.6. The largest absolute Gasteiger partial charge is 0.329 e. The molecular formula is C38H48FN7O4. The SMILES string of the molecule is CCc1ccc(NC(=O)CN(Cc2ccccc2CNC)C(=O)C2(CC)CCN(C(=O)N3CC(F)C3)CC2)cc1CC(=O)Nc1ccccn1. The summed E-state index contributed by atoms with van der Waals surface area (Å²) in [7, 11) is 1.86. The van der Waals surface area contributed by atoms with E-state index in [1.807, 2.05) is 63.4 Å². The van der Waals surface area contributed by atoms with Gasteiger partial charge in [0, 0.05) is 38.1 Å². The van der Waals surface area contributed by atoms with Crippen LogP contribution in [0.2, 0.25) is 0 Å². The summed E-state index contributed by atoms with van der Waals surface area (Å²) in [6, 6.07) is 18.5. The van der Waals surface area contributed by atoms with Crippen LogP contribution in [0, 0.1) is 5.41 Å². The van der Waals surface area contributed by atoms with Crippen LogP contribution in [0.3, 0.4) is 0 Å².